The molecule has 0 amide bonds. The van der Waals surface area contributed by atoms with Crippen molar-refractivity contribution in [1.29, 1.82) is 0 Å². The third kappa shape index (κ3) is 6.71. The number of anilines is 1. The number of rotatable bonds is 11. The first-order valence-electron chi connectivity index (χ1n) is 12.3. The summed E-state index contributed by atoms with van der Waals surface area (Å²) in [6.45, 7) is 19.3. The van der Waals surface area contributed by atoms with Gasteiger partial charge in [0.25, 0.3) is 0 Å². The first-order chi connectivity index (χ1) is 16.9. The Bertz CT molecular complexity index is 1230. The van der Waals surface area contributed by atoms with Crippen LogP contribution in [0.25, 0.3) is 17.7 Å². The minimum atomic E-state index is 0.0264. The fraction of sp³-hybridized carbons (Fsp3) is 0.212. The number of hydrogen-bond donors (Lipinski definition) is 2. The summed E-state index contributed by atoms with van der Waals surface area (Å²) in [4.78, 5) is 0. The van der Waals surface area contributed by atoms with E-state index in [4.69, 9.17) is 5.73 Å². The van der Waals surface area contributed by atoms with Crippen LogP contribution in [0, 0.1) is 13.8 Å². The van der Waals surface area contributed by atoms with Crippen LogP contribution in [0.15, 0.2) is 92.2 Å². The summed E-state index contributed by atoms with van der Waals surface area (Å²) in [7, 11) is 0. The predicted molar refractivity (Wildman–Crippen MR) is 156 cm³/mol. The maximum absolute atomic E-state index is 6.17. The van der Waals surface area contributed by atoms with Gasteiger partial charge in [-0.1, -0.05) is 92.1 Å². The molecule has 0 saturated heterocycles. The Morgan fingerprint density at radius 3 is 2.34 bits per heavy atom. The van der Waals surface area contributed by atoms with Gasteiger partial charge in [-0.05, 0) is 84.7 Å². The van der Waals surface area contributed by atoms with E-state index in [0.29, 0.717) is 6.54 Å². The fourth-order valence-electron chi connectivity index (χ4n) is 4.47. The Kier molecular flexibility index (Phi) is 9.05. The fourth-order valence-corrected chi connectivity index (χ4v) is 4.47. The molecule has 0 aliphatic heterocycles. The number of nitrogens with two attached hydrogens (primary N) is 1. The zero-order valence-electron chi connectivity index (χ0n) is 21.4. The third-order valence-corrected chi connectivity index (χ3v) is 6.47. The first-order valence-corrected chi connectivity index (χ1v) is 12.3. The van der Waals surface area contributed by atoms with Crippen LogP contribution < -0.4 is 11.1 Å². The molecule has 35 heavy (non-hydrogen) atoms. The van der Waals surface area contributed by atoms with E-state index in [0.717, 1.165) is 35.4 Å². The Morgan fingerprint density at radius 1 is 0.971 bits per heavy atom. The van der Waals surface area contributed by atoms with Crippen molar-refractivity contribution in [3.63, 3.8) is 0 Å². The Morgan fingerprint density at radius 2 is 1.71 bits per heavy atom. The molecule has 0 fully saturated rings. The van der Waals surface area contributed by atoms with E-state index < -0.39 is 0 Å². The van der Waals surface area contributed by atoms with Crippen molar-refractivity contribution in [2.75, 3.05) is 11.9 Å². The van der Waals surface area contributed by atoms with Crippen LogP contribution in [0.3, 0.4) is 0 Å². The zero-order valence-corrected chi connectivity index (χ0v) is 21.4. The van der Waals surface area contributed by atoms with Crippen molar-refractivity contribution < 1.29 is 0 Å². The Labute approximate surface area is 211 Å². The highest BCUT2D eigenvalue weighted by atomic mass is 14.9. The molecule has 0 aromatic heterocycles. The molecule has 0 radical (unpaired) electrons. The molecule has 3 rings (SSSR count). The summed E-state index contributed by atoms with van der Waals surface area (Å²) in [6.07, 6.45) is 7.88. The van der Waals surface area contributed by atoms with Crippen molar-refractivity contribution in [3.8, 4) is 0 Å². The Hall–Kier alpha value is -3.62. The smallest absolute Gasteiger partial charge is 0.0388 e. The Balaban J connectivity index is 1.65. The van der Waals surface area contributed by atoms with Gasteiger partial charge in [0.2, 0.25) is 0 Å². The minimum Gasteiger partial charge on any atom is -0.359 e. The highest BCUT2D eigenvalue weighted by Gasteiger charge is 2.14. The number of nitrogens with one attached hydrogen (secondary N) is 1. The monoisotopic (exact) mass is 462 g/mol. The van der Waals surface area contributed by atoms with E-state index in [-0.39, 0.29) is 5.92 Å². The minimum absolute atomic E-state index is 0.0264. The van der Waals surface area contributed by atoms with Gasteiger partial charge in [-0.15, -0.1) is 0 Å². The van der Waals surface area contributed by atoms with Gasteiger partial charge in [0.1, 0.15) is 0 Å². The summed E-state index contributed by atoms with van der Waals surface area (Å²) in [5.41, 5.74) is 17.8. The molecule has 3 N–H and O–H groups in total. The lowest BCUT2D eigenvalue weighted by Gasteiger charge is -2.21. The van der Waals surface area contributed by atoms with Gasteiger partial charge < -0.3 is 11.1 Å². The molecule has 0 aliphatic carbocycles. The van der Waals surface area contributed by atoms with Crippen LogP contribution in [0.5, 0.6) is 0 Å². The van der Waals surface area contributed by atoms with Gasteiger partial charge in [0.15, 0.2) is 0 Å². The van der Waals surface area contributed by atoms with Crippen LogP contribution in [0.2, 0.25) is 0 Å². The number of benzene rings is 3. The van der Waals surface area contributed by atoms with Gasteiger partial charge >= 0.3 is 0 Å². The molecule has 2 heteroatoms. The lowest BCUT2D eigenvalue weighted by molar-refractivity contribution is 0.806. The average molecular weight is 463 g/mol. The van der Waals surface area contributed by atoms with Gasteiger partial charge in [0, 0.05) is 23.8 Å². The second-order valence-electron chi connectivity index (χ2n) is 9.15. The van der Waals surface area contributed by atoms with Crippen LogP contribution in [0.1, 0.15) is 58.2 Å². The molecule has 2 nitrogen and oxygen atoms in total. The van der Waals surface area contributed by atoms with E-state index in [1.165, 1.54) is 33.4 Å². The molecule has 180 valence electrons. The van der Waals surface area contributed by atoms with Gasteiger partial charge in [-0.3, -0.25) is 0 Å². The quantitative estimate of drug-likeness (QED) is 0.301. The summed E-state index contributed by atoms with van der Waals surface area (Å²) in [5, 5.41) is 3.47. The lowest BCUT2D eigenvalue weighted by Crippen LogP contribution is -2.18. The molecule has 0 spiro atoms. The maximum Gasteiger partial charge on any atom is 0.0388 e. The molecule has 3 aromatic rings. The first kappa shape index (κ1) is 26.0. The molecule has 1 atom stereocenters. The van der Waals surface area contributed by atoms with E-state index >= 15 is 0 Å². The SMILES string of the molecule is C=Cc1ccc(NC(=C)C(CN)c2ccc(CCC(=C)c3ccc(C)cc3C)cc2)cc1/C=C\C. The molecular formula is C33H38N2. The summed E-state index contributed by atoms with van der Waals surface area (Å²) in [5.74, 6) is 0.0264. The van der Waals surface area contributed by atoms with Gasteiger partial charge in [-0.25, -0.2) is 0 Å². The number of aryl methyl sites for hydroxylation is 3. The lowest BCUT2D eigenvalue weighted by atomic mass is 9.92. The normalized spacial score (nSPS) is 11.9. The van der Waals surface area contributed by atoms with Crippen LogP contribution in [0.4, 0.5) is 5.69 Å². The van der Waals surface area contributed by atoms with E-state index in [2.05, 4.69) is 106 Å². The van der Waals surface area contributed by atoms with Crippen molar-refractivity contribution in [2.24, 2.45) is 5.73 Å². The van der Waals surface area contributed by atoms with Crippen molar-refractivity contribution in [2.45, 2.75) is 39.5 Å². The standard InChI is InChI=1S/C33H38N2/c1-7-9-30-21-31(18-17-28(30)8-2)35-26(6)33(22-34)29-15-13-27(14-16-29)12-11-24(4)32-19-10-23(3)20-25(32)5/h7-10,13-21,33,35H,2,4,6,11-12,22,34H2,1,3,5H3/b9-7-. The number of hydrogen-bond acceptors (Lipinski definition) is 2. The van der Waals surface area contributed by atoms with Crippen molar-refractivity contribution >= 4 is 23.4 Å². The molecule has 3 aromatic carbocycles. The molecule has 0 aliphatic rings. The molecule has 1 unspecified atom stereocenters. The molecule has 0 bridgehead atoms. The third-order valence-electron chi connectivity index (χ3n) is 6.47. The predicted octanol–water partition coefficient (Wildman–Crippen LogP) is 8.29. The summed E-state index contributed by atoms with van der Waals surface area (Å²) < 4.78 is 0. The van der Waals surface area contributed by atoms with Crippen molar-refractivity contribution in [1.82, 2.24) is 0 Å². The number of allylic oxidation sites excluding steroid dienone is 2. The van der Waals surface area contributed by atoms with E-state index in [9.17, 15) is 0 Å². The zero-order chi connectivity index (χ0) is 25.4. The summed E-state index contributed by atoms with van der Waals surface area (Å²) >= 11 is 0. The second-order valence-corrected chi connectivity index (χ2v) is 9.15. The van der Waals surface area contributed by atoms with E-state index in [1.54, 1.807) is 0 Å². The van der Waals surface area contributed by atoms with Crippen molar-refractivity contribution in [3.05, 3.63) is 131 Å². The van der Waals surface area contributed by atoms with Gasteiger partial charge in [-0.2, -0.15) is 0 Å². The molecule has 0 saturated carbocycles. The van der Waals surface area contributed by atoms with Crippen LogP contribution in [-0.4, -0.2) is 6.54 Å². The van der Waals surface area contributed by atoms with Crippen LogP contribution >= 0.6 is 0 Å². The van der Waals surface area contributed by atoms with Gasteiger partial charge in [0.05, 0.1) is 0 Å². The van der Waals surface area contributed by atoms with Crippen LogP contribution in [-0.2, 0) is 6.42 Å². The highest BCUT2D eigenvalue weighted by Crippen LogP contribution is 2.27. The maximum atomic E-state index is 6.17. The second kappa shape index (κ2) is 12.2. The topological polar surface area (TPSA) is 38.0 Å². The largest absolute Gasteiger partial charge is 0.359 e. The average Bonchev–Trinajstić information content (AvgIpc) is 2.84. The van der Waals surface area contributed by atoms with E-state index in [1.807, 2.05) is 19.1 Å². The summed E-state index contributed by atoms with van der Waals surface area (Å²) in [6, 6.07) is 21.5. The highest BCUT2D eigenvalue weighted by molar-refractivity contribution is 5.69. The molecule has 0 heterocycles. The molecular weight excluding hydrogens is 424 g/mol.